The molecule has 0 saturated heterocycles. The number of anilines is 1. The number of hydrogen-bond donors (Lipinski definition) is 1. The third-order valence-electron chi connectivity index (χ3n) is 2.60. The summed E-state index contributed by atoms with van der Waals surface area (Å²) in [5.41, 5.74) is 7.29. The van der Waals surface area contributed by atoms with Crippen LogP contribution in [0.2, 0.25) is 5.02 Å². The molecule has 0 spiro atoms. The first-order valence-corrected chi connectivity index (χ1v) is 6.96. The summed E-state index contributed by atoms with van der Waals surface area (Å²) < 4.78 is 18.4. The molecule has 5 heteroatoms. The first-order chi connectivity index (χ1) is 9.10. The fourth-order valence-electron chi connectivity index (χ4n) is 1.67. The molecule has 0 fully saturated rings. The van der Waals surface area contributed by atoms with E-state index in [1.807, 2.05) is 6.07 Å². The first-order valence-electron chi connectivity index (χ1n) is 5.60. The van der Waals surface area contributed by atoms with Crippen molar-refractivity contribution in [1.82, 2.24) is 0 Å². The Balaban J connectivity index is 2.16. The molecule has 0 aliphatic carbocycles. The van der Waals surface area contributed by atoms with E-state index < -0.39 is 0 Å². The fraction of sp³-hybridized carbons (Fsp3) is 0.143. The number of nitrogen functional groups attached to an aromatic ring is 1. The molecule has 100 valence electrons. The van der Waals surface area contributed by atoms with Crippen molar-refractivity contribution in [3.05, 3.63) is 52.8 Å². The lowest BCUT2D eigenvalue weighted by atomic mass is 10.2. The number of rotatable bonds is 4. The molecule has 0 bridgehead atoms. The highest BCUT2D eigenvalue weighted by molar-refractivity contribution is 7.98. The van der Waals surface area contributed by atoms with Crippen LogP contribution in [-0.2, 0) is 5.75 Å². The standard InChI is InChI=1S/C14H13ClFNOS/c1-18-13-4-3-11(16)6-9(13)8-19-14-5-2-10(15)7-12(14)17/h2-7H,8,17H2,1H3. The Bertz CT molecular complexity index is 592. The van der Waals surface area contributed by atoms with E-state index in [-0.39, 0.29) is 5.82 Å². The molecule has 0 aliphatic rings. The molecular weight excluding hydrogens is 285 g/mol. The van der Waals surface area contributed by atoms with Crippen molar-refractivity contribution in [2.45, 2.75) is 10.6 Å². The summed E-state index contributed by atoms with van der Waals surface area (Å²) in [5, 5.41) is 0.602. The van der Waals surface area contributed by atoms with Gasteiger partial charge in [0.15, 0.2) is 0 Å². The van der Waals surface area contributed by atoms with Crippen LogP contribution in [-0.4, -0.2) is 7.11 Å². The van der Waals surface area contributed by atoms with Crippen molar-refractivity contribution >= 4 is 29.1 Å². The van der Waals surface area contributed by atoms with Crippen LogP contribution >= 0.6 is 23.4 Å². The molecular formula is C14H13ClFNOS. The summed E-state index contributed by atoms with van der Waals surface area (Å²) in [6, 6.07) is 9.81. The number of ether oxygens (including phenoxy) is 1. The molecule has 2 aromatic carbocycles. The Hall–Kier alpha value is -1.39. The Morgan fingerprint density at radius 1 is 1.26 bits per heavy atom. The maximum atomic E-state index is 13.2. The second-order valence-corrected chi connectivity index (χ2v) is 5.38. The topological polar surface area (TPSA) is 35.2 Å². The highest BCUT2D eigenvalue weighted by Crippen LogP contribution is 2.32. The van der Waals surface area contributed by atoms with E-state index in [0.717, 1.165) is 10.5 Å². The third-order valence-corrected chi connectivity index (χ3v) is 3.97. The van der Waals surface area contributed by atoms with Gasteiger partial charge in [0.2, 0.25) is 0 Å². The molecule has 0 aliphatic heterocycles. The summed E-state index contributed by atoms with van der Waals surface area (Å²) in [5.74, 6) is 0.967. The zero-order chi connectivity index (χ0) is 13.8. The number of nitrogens with two attached hydrogens (primary N) is 1. The molecule has 0 unspecified atom stereocenters. The molecule has 0 saturated carbocycles. The van der Waals surface area contributed by atoms with Crippen LogP contribution in [0.4, 0.5) is 10.1 Å². The highest BCUT2D eigenvalue weighted by Gasteiger charge is 2.07. The smallest absolute Gasteiger partial charge is 0.123 e. The summed E-state index contributed by atoms with van der Waals surface area (Å²) in [4.78, 5) is 0.913. The zero-order valence-electron chi connectivity index (χ0n) is 10.3. The number of thioether (sulfide) groups is 1. The van der Waals surface area contributed by atoms with E-state index in [9.17, 15) is 4.39 Å². The van der Waals surface area contributed by atoms with Crippen LogP contribution in [0, 0.1) is 5.82 Å². The fourth-order valence-corrected chi connectivity index (χ4v) is 2.77. The molecule has 2 rings (SSSR count). The van der Waals surface area contributed by atoms with Gasteiger partial charge in [0, 0.05) is 26.9 Å². The quantitative estimate of drug-likeness (QED) is 0.672. The van der Waals surface area contributed by atoms with Gasteiger partial charge in [-0.15, -0.1) is 11.8 Å². The summed E-state index contributed by atoms with van der Waals surface area (Å²) in [6.07, 6.45) is 0. The minimum Gasteiger partial charge on any atom is -0.496 e. The van der Waals surface area contributed by atoms with E-state index in [0.29, 0.717) is 22.2 Å². The largest absolute Gasteiger partial charge is 0.496 e. The van der Waals surface area contributed by atoms with E-state index in [1.54, 1.807) is 25.3 Å². The van der Waals surface area contributed by atoms with Crippen LogP contribution in [0.15, 0.2) is 41.3 Å². The van der Waals surface area contributed by atoms with Crippen molar-refractivity contribution < 1.29 is 9.13 Å². The maximum Gasteiger partial charge on any atom is 0.123 e. The van der Waals surface area contributed by atoms with Crippen molar-refractivity contribution in [2.24, 2.45) is 0 Å². The van der Waals surface area contributed by atoms with Crippen LogP contribution in [0.3, 0.4) is 0 Å². The second kappa shape index (κ2) is 6.17. The van der Waals surface area contributed by atoms with Gasteiger partial charge in [-0.2, -0.15) is 0 Å². The minimum absolute atomic E-state index is 0.277. The van der Waals surface area contributed by atoms with Gasteiger partial charge in [-0.05, 0) is 36.4 Å². The lowest BCUT2D eigenvalue weighted by molar-refractivity contribution is 0.410. The Morgan fingerprint density at radius 3 is 2.74 bits per heavy atom. The van der Waals surface area contributed by atoms with E-state index in [2.05, 4.69) is 0 Å². The van der Waals surface area contributed by atoms with Gasteiger partial charge in [0.1, 0.15) is 11.6 Å². The molecule has 0 radical (unpaired) electrons. The minimum atomic E-state index is -0.277. The average molecular weight is 298 g/mol. The van der Waals surface area contributed by atoms with Gasteiger partial charge in [0.05, 0.1) is 7.11 Å². The third kappa shape index (κ3) is 3.55. The Kier molecular flexibility index (Phi) is 4.56. The van der Waals surface area contributed by atoms with E-state index in [4.69, 9.17) is 22.1 Å². The van der Waals surface area contributed by atoms with Crippen LogP contribution < -0.4 is 10.5 Å². The van der Waals surface area contributed by atoms with Crippen molar-refractivity contribution in [3.8, 4) is 5.75 Å². The van der Waals surface area contributed by atoms with Gasteiger partial charge >= 0.3 is 0 Å². The van der Waals surface area contributed by atoms with Gasteiger partial charge in [-0.3, -0.25) is 0 Å². The normalized spacial score (nSPS) is 10.5. The molecule has 0 atom stereocenters. The number of hydrogen-bond acceptors (Lipinski definition) is 3. The van der Waals surface area contributed by atoms with Crippen molar-refractivity contribution in [1.29, 1.82) is 0 Å². The van der Waals surface area contributed by atoms with Gasteiger partial charge in [-0.25, -0.2) is 4.39 Å². The monoisotopic (exact) mass is 297 g/mol. The van der Waals surface area contributed by atoms with Crippen molar-refractivity contribution in [3.63, 3.8) is 0 Å². The average Bonchev–Trinajstić information content (AvgIpc) is 2.38. The predicted octanol–water partition coefficient (Wildman–Crippen LogP) is 4.36. The molecule has 2 N–H and O–H groups in total. The number of methoxy groups -OCH3 is 1. The van der Waals surface area contributed by atoms with Gasteiger partial charge < -0.3 is 10.5 Å². The molecule has 0 heterocycles. The highest BCUT2D eigenvalue weighted by atomic mass is 35.5. The SMILES string of the molecule is COc1ccc(F)cc1CSc1ccc(Cl)cc1N. The maximum absolute atomic E-state index is 13.2. The molecule has 19 heavy (non-hydrogen) atoms. The van der Waals surface area contributed by atoms with Gasteiger partial charge in [0.25, 0.3) is 0 Å². The summed E-state index contributed by atoms with van der Waals surface area (Å²) in [7, 11) is 1.57. The number of halogens is 2. The first kappa shape index (κ1) is 14.0. The van der Waals surface area contributed by atoms with E-state index >= 15 is 0 Å². The van der Waals surface area contributed by atoms with E-state index in [1.165, 1.54) is 23.9 Å². The zero-order valence-corrected chi connectivity index (χ0v) is 11.9. The van der Waals surface area contributed by atoms with Crippen LogP contribution in [0.1, 0.15) is 5.56 Å². The second-order valence-electron chi connectivity index (χ2n) is 3.93. The molecule has 2 nitrogen and oxygen atoms in total. The lowest BCUT2D eigenvalue weighted by Crippen LogP contribution is -1.93. The van der Waals surface area contributed by atoms with Crippen LogP contribution in [0.5, 0.6) is 5.75 Å². The summed E-state index contributed by atoms with van der Waals surface area (Å²) in [6.45, 7) is 0. The molecule has 0 aromatic heterocycles. The molecule has 2 aromatic rings. The Morgan fingerprint density at radius 2 is 2.05 bits per heavy atom. The number of benzene rings is 2. The van der Waals surface area contributed by atoms with Gasteiger partial charge in [-0.1, -0.05) is 11.6 Å². The van der Waals surface area contributed by atoms with Crippen molar-refractivity contribution in [2.75, 3.05) is 12.8 Å². The lowest BCUT2D eigenvalue weighted by Gasteiger charge is -2.09. The summed E-state index contributed by atoms with van der Waals surface area (Å²) >= 11 is 7.36. The predicted molar refractivity (Wildman–Crippen MR) is 78.4 cm³/mol. The molecule has 0 amide bonds. The Labute approximate surface area is 120 Å². The van der Waals surface area contributed by atoms with Crippen LogP contribution in [0.25, 0.3) is 0 Å².